The quantitative estimate of drug-likeness (QED) is 0.805. The summed E-state index contributed by atoms with van der Waals surface area (Å²) in [6.07, 6.45) is 3.18. The van der Waals surface area contributed by atoms with Crippen molar-refractivity contribution in [2.45, 2.75) is 44.6 Å². The molecule has 2 atom stereocenters. The van der Waals surface area contributed by atoms with Crippen LogP contribution in [-0.2, 0) is 16.0 Å². The second-order valence-corrected chi connectivity index (χ2v) is 8.70. The summed E-state index contributed by atoms with van der Waals surface area (Å²) in [5.74, 6) is 0.446. The molecule has 6 nitrogen and oxygen atoms in total. The number of piperidine rings is 1. The highest BCUT2D eigenvalue weighted by Crippen LogP contribution is 2.35. The van der Waals surface area contributed by atoms with Gasteiger partial charge in [0.25, 0.3) is 0 Å². The van der Waals surface area contributed by atoms with E-state index in [-0.39, 0.29) is 23.7 Å². The molecule has 28 heavy (non-hydrogen) atoms. The maximum atomic E-state index is 12.8. The van der Waals surface area contributed by atoms with Gasteiger partial charge < -0.3 is 10.6 Å². The normalized spacial score (nSPS) is 25.6. The highest BCUT2D eigenvalue weighted by molar-refractivity contribution is 6.42. The fourth-order valence-electron chi connectivity index (χ4n) is 3.98. The Morgan fingerprint density at radius 2 is 2.11 bits per heavy atom. The molecule has 1 aromatic carbocycles. The lowest BCUT2D eigenvalue weighted by molar-refractivity contribution is -0.134. The Morgan fingerprint density at radius 3 is 2.79 bits per heavy atom. The van der Waals surface area contributed by atoms with Crippen molar-refractivity contribution in [3.8, 4) is 0 Å². The number of hydrogen-bond donors (Lipinski definition) is 1. The molecule has 2 aliphatic rings. The zero-order valence-electron chi connectivity index (χ0n) is 16.3. The fourth-order valence-corrected chi connectivity index (χ4v) is 4.30. The van der Waals surface area contributed by atoms with Crippen LogP contribution in [-0.4, -0.2) is 53.2 Å². The summed E-state index contributed by atoms with van der Waals surface area (Å²) in [5, 5.41) is 1.01. The van der Waals surface area contributed by atoms with Crippen molar-refractivity contribution in [1.82, 2.24) is 9.80 Å². The van der Waals surface area contributed by atoms with E-state index in [1.165, 1.54) is 4.90 Å². The molecule has 2 N–H and O–H groups in total. The molecule has 0 aliphatic carbocycles. The second kappa shape index (κ2) is 8.29. The Kier molecular flexibility index (Phi) is 6.20. The van der Waals surface area contributed by atoms with Crippen molar-refractivity contribution < 1.29 is 9.59 Å². The molecule has 0 radical (unpaired) electrons. The van der Waals surface area contributed by atoms with E-state index in [2.05, 4.69) is 4.99 Å². The van der Waals surface area contributed by atoms with Gasteiger partial charge in [-0.2, -0.15) is 0 Å². The number of hydrogen-bond acceptors (Lipinski definition) is 4. The zero-order valence-corrected chi connectivity index (χ0v) is 17.8. The topological polar surface area (TPSA) is 79.0 Å². The van der Waals surface area contributed by atoms with Gasteiger partial charge in [-0.15, -0.1) is 0 Å². The number of amides is 2. The highest BCUT2D eigenvalue weighted by Gasteiger charge is 2.43. The molecule has 0 saturated carbocycles. The summed E-state index contributed by atoms with van der Waals surface area (Å²) >= 11 is 12.0. The van der Waals surface area contributed by atoms with Crippen LogP contribution in [0.3, 0.4) is 0 Å². The van der Waals surface area contributed by atoms with Crippen LogP contribution < -0.4 is 5.73 Å². The van der Waals surface area contributed by atoms with E-state index in [4.69, 9.17) is 28.9 Å². The minimum Gasteiger partial charge on any atom is -0.369 e. The van der Waals surface area contributed by atoms with Crippen LogP contribution in [0, 0.1) is 5.92 Å². The number of aryl methyl sites for hydroxylation is 1. The lowest BCUT2D eigenvalue weighted by Gasteiger charge is -2.43. The summed E-state index contributed by atoms with van der Waals surface area (Å²) in [7, 11) is 1.64. The second-order valence-electron chi connectivity index (χ2n) is 7.88. The summed E-state index contributed by atoms with van der Waals surface area (Å²) in [4.78, 5) is 32.9. The van der Waals surface area contributed by atoms with Crippen LogP contribution in [0.2, 0.25) is 10.0 Å². The van der Waals surface area contributed by atoms with Crippen molar-refractivity contribution >= 4 is 41.0 Å². The first kappa shape index (κ1) is 20.9. The first-order valence-corrected chi connectivity index (χ1v) is 10.3. The molecule has 0 aromatic heterocycles. The number of likely N-dealkylation sites (tertiary alicyclic amines) is 1. The maximum Gasteiger partial charge on any atom is 0.231 e. The molecule has 1 fully saturated rings. The van der Waals surface area contributed by atoms with Gasteiger partial charge in [-0.1, -0.05) is 29.3 Å². The van der Waals surface area contributed by atoms with E-state index in [1.54, 1.807) is 19.2 Å². The lowest BCUT2D eigenvalue weighted by Crippen LogP contribution is -2.54. The average Bonchev–Trinajstić information content (AvgIpc) is 2.67. The third kappa shape index (κ3) is 4.44. The minimum absolute atomic E-state index is 0.0296. The van der Waals surface area contributed by atoms with Crippen LogP contribution in [0.25, 0.3) is 0 Å². The van der Waals surface area contributed by atoms with Gasteiger partial charge in [0.1, 0.15) is 0 Å². The maximum absolute atomic E-state index is 12.8. The van der Waals surface area contributed by atoms with Crippen LogP contribution in [0.15, 0.2) is 23.2 Å². The number of nitrogens with zero attached hydrogens (tertiary/aromatic N) is 3. The lowest BCUT2D eigenvalue weighted by atomic mass is 9.77. The van der Waals surface area contributed by atoms with Gasteiger partial charge in [0, 0.05) is 32.5 Å². The van der Waals surface area contributed by atoms with Crippen LogP contribution in [0.5, 0.6) is 0 Å². The Hall–Kier alpha value is -1.79. The van der Waals surface area contributed by atoms with Crippen molar-refractivity contribution in [3.05, 3.63) is 33.8 Å². The third-order valence-electron chi connectivity index (χ3n) is 5.86. The molecule has 0 spiro atoms. The van der Waals surface area contributed by atoms with Gasteiger partial charge in [0.15, 0.2) is 5.96 Å². The first-order chi connectivity index (χ1) is 13.2. The standard InChI is InChI=1S/C20H26Cl2N4O2/c1-20(11-18(28)25(2)19(23)24-20)14-4-3-9-26(12-14)17(27)8-6-13-5-7-15(21)16(22)10-13/h5,7,10,14H,3-4,6,8-9,11-12H2,1-2H3,(H2,23,24)/t14?,20-/m0/s1. The Morgan fingerprint density at radius 1 is 1.36 bits per heavy atom. The van der Waals surface area contributed by atoms with Crippen molar-refractivity contribution in [3.63, 3.8) is 0 Å². The van der Waals surface area contributed by atoms with Gasteiger partial charge in [-0.3, -0.25) is 14.5 Å². The number of benzene rings is 1. The van der Waals surface area contributed by atoms with Crippen LogP contribution in [0.1, 0.15) is 38.2 Å². The Bertz CT molecular complexity index is 813. The number of rotatable bonds is 4. The van der Waals surface area contributed by atoms with Crippen molar-refractivity contribution in [2.75, 3.05) is 20.1 Å². The number of nitrogens with two attached hydrogens (primary N) is 1. The van der Waals surface area contributed by atoms with E-state index >= 15 is 0 Å². The summed E-state index contributed by atoms with van der Waals surface area (Å²) in [6, 6.07) is 5.45. The SMILES string of the molecule is CN1C(=O)C[C@@](C)(C2CCCN(C(=O)CCc3ccc(Cl)c(Cl)c3)C2)N=C1N. The molecule has 8 heteroatoms. The number of carbonyl (C=O) groups is 2. The average molecular weight is 425 g/mol. The fraction of sp³-hybridized carbons (Fsp3) is 0.550. The number of guanidine groups is 1. The number of aliphatic imine (C=N–C) groups is 1. The molecule has 2 amide bonds. The van der Waals surface area contributed by atoms with E-state index in [0.29, 0.717) is 35.9 Å². The van der Waals surface area contributed by atoms with E-state index in [0.717, 1.165) is 24.9 Å². The molecular weight excluding hydrogens is 399 g/mol. The molecule has 1 saturated heterocycles. The smallest absolute Gasteiger partial charge is 0.231 e. The van der Waals surface area contributed by atoms with E-state index in [9.17, 15) is 9.59 Å². The van der Waals surface area contributed by atoms with Gasteiger partial charge >= 0.3 is 0 Å². The molecule has 152 valence electrons. The van der Waals surface area contributed by atoms with E-state index in [1.807, 2.05) is 17.9 Å². The van der Waals surface area contributed by atoms with Crippen LogP contribution >= 0.6 is 23.2 Å². The third-order valence-corrected chi connectivity index (χ3v) is 6.60. The summed E-state index contributed by atoms with van der Waals surface area (Å²) < 4.78 is 0. The van der Waals surface area contributed by atoms with Crippen molar-refractivity contribution in [1.29, 1.82) is 0 Å². The molecule has 1 unspecified atom stereocenters. The summed E-state index contributed by atoms with van der Waals surface area (Å²) in [6.45, 7) is 3.31. The molecule has 0 bridgehead atoms. The Labute approximate surface area is 175 Å². The van der Waals surface area contributed by atoms with Gasteiger partial charge in [0.05, 0.1) is 22.0 Å². The van der Waals surface area contributed by atoms with E-state index < -0.39 is 5.54 Å². The zero-order chi connectivity index (χ0) is 20.5. The number of carbonyl (C=O) groups excluding carboxylic acids is 2. The highest BCUT2D eigenvalue weighted by atomic mass is 35.5. The van der Waals surface area contributed by atoms with Gasteiger partial charge in [-0.25, -0.2) is 4.99 Å². The largest absolute Gasteiger partial charge is 0.369 e. The predicted molar refractivity (Wildman–Crippen MR) is 112 cm³/mol. The van der Waals surface area contributed by atoms with Gasteiger partial charge in [0.2, 0.25) is 11.8 Å². The molecular formula is C20H26Cl2N4O2. The molecule has 2 heterocycles. The first-order valence-electron chi connectivity index (χ1n) is 9.53. The Balaban J connectivity index is 1.63. The van der Waals surface area contributed by atoms with Crippen LogP contribution in [0.4, 0.5) is 0 Å². The molecule has 2 aliphatic heterocycles. The molecule has 1 aromatic rings. The van der Waals surface area contributed by atoms with Gasteiger partial charge in [-0.05, 0) is 43.9 Å². The minimum atomic E-state index is -0.559. The number of halogens is 2. The molecule has 3 rings (SSSR count). The summed E-state index contributed by atoms with van der Waals surface area (Å²) in [5.41, 5.74) is 6.36. The van der Waals surface area contributed by atoms with Crippen molar-refractivity contribution in [2.24, 2.45) is 16.6 Å². The predicted octanol–water partition coefficient (Wildman–Crippen LogP) is 3.10. The monoisotopic (exact) mass is 424 g/mol.